The lowest BCUT2D eigenvalue weighted by molar-refractivity contribution is -0.0603. The summed E-state index contributed by atoms with van der Waals surface area (Å²) in [6.45, 7) is 0.0400. The summed E-state index contributed by atoms with van der Waals surface area (Å²) in [4.78, 5) is 25.2. The van der Waals surface area contributed by atoms with Crippen LogP contribution in [0.25, 0.3) is 0 Å². The molecule has 2 N–H and O–H groups in total. The van der Waals surface area contributed by atoms with Gasteiger partial charge in [0.2, 0.25) is 11.2 Å². The number of piperidine rings is 1. The molecule has 7 nitrogen and oxygen atoms in total. The van der Waals surface area contributed by atoms with E-state index in [0.29, 0.717) is 19.4 Å². The predicted octanol–water partition coefficient (Wildman–Crippen LogP) is -0.392. The Morgan fingerprint density at radius 3 is 2.95 bits per heavy atom. The predicted molar refractivity (Wildman–Crippen MR) is 68.7 cm³/mol. The third-order valence-electron chi connectivity index (χ3n) is 3.37. The van der Waals surface area contributed by atoms with Gasteiger partial charge in [-0.25, -0.2) is 0 Å². The SMILES string of the molecule is COc1coc(C(=O)N2CCCC(O)(CO)C2)cc1=O. The molecule has 2 heterocycles. The number of aliphatic hydroxyl groups excluding tert-OH is 1. The van der Waals surface area contributed by atoms with E-state index in [0.717, 1.165) is 12.3 Å². The number of nitrogens with zero attached hydrogens (tertiary/aromatic N) is 1. The van der Waals surface area contributed by atoms with Crippen LogP contribution >= 0.6 is 0 Å². The van der Waals surface area contributed by atoms with E-state index in [1.54, 1.807) is 0 Å². The van der Waals surface area contributed by atoms with Crippen LogP contribution < -0.4 is 10.2 Å². The maximum atomic E-state index is 12.2. The van der Waals surface area contributed by atoms with Gasteiger partial charge in [0.15, 0.2) is 5.76 Å². The van der Waals surface area contributed by atoms with E-state index >= 15 is 0 Å². The van der Waals surface area contributed by atoms with Crippen LogP contribution in [0.2, 0.25) is 0 Å². The van der Waals surface area contributed by atoms with Crippen molar-refractivity contribution in [2.45, 2.75) is 18.4 Å². The van der Waals surface area contributed by atoms with Crippen molar-refractivity contribution in [3.8, 4) is 5.75 Å². The van der Waals surface area contributed by atoms with E-state index < -0.39 is 23.5 Å². The van der Waals surface area contributed by atoms with Gasteiger partial charge < -0.3 is 24.3 Å². The largest absolute Gasteiger partial charge is 0.490 e. The molecule has 20 heavy (non-hydrogen) atoms. The molecule has 0 spiro atoms. The molecule has 7 heteroatoms. The minimum atomic E-state index is -1.29. The van der Waals surface area contributed by atoms with E-state index in [1.165, 1.54) is 12.0 Å². The minimum Gasteiger partial charge on any atom is -0.490 e. The summed E-state index contributed by atoms with van der Waals surface area (Å²) in [5.41, 5.74) is -1.74. The van der Waals surface area contributed by atoms with Gasteiger partial charge >= 0.3 is 0 Å². The molecule has 1 amide bonds. The summed E-state index contributed by atoms with van der Waals surface area (Å²) >= 11 is 0. The number of β-amino-alcohol motifs (C(OH)–C–C–N with tert-alkyl or cyclic N) is 1. The zero-order valence-corrected chi connectivity index (χ0v) is 11.2. The molecule has 0 bridgehead atoms. The Kier molecular flexibility index (Phi) is 4.10. The molecule has 1 aromatic rings. The molecule has 1 atom stereocenters. The number of hydrogen-bond acceptors (Lipinski definition) is 6. The summed E-state index contributed by atoms with van der Waals surface area (Å²) in [5.74, 6) is -0.582. The fraction of sp³-hybridized carbons (Fsp3) is 0.538. The van der Waals surface area contributed by atoms with Gasteiger partial charge in [0, 0.05) is 12.6 Å². The fourth-order valence-corrected chi connectivity index (χ4v) is 2.23. The van der Waals surface area contributed by atoms with Gasteiger partial charge in [0.1, 0.15) is 11.9 Å². The maximum absolute atomic E-state index is 12.2. The van der Waals surface area contributed by atoms with Crippen LogP contribution in [0.15, 0.2) is 21.5 Å². The maximum Gasteiger partial charge on any atom is 0.289 e. The third kappa shape index (κ3) is 2.83. The van der Waals surface area contributed by atoms with Gasteiger partial charge in [-0.15, -0.1) is 0 Å². The number of ether oxygens (including phenoxy) is 1. The second-order valence-corrected chi connectivity index (χ2v) is 4.89. The Morgan fingerprint density at radius 2 is 2.35 bits per heavy atom. The van der Waals surface area contributed by atoms with Gasteiger partial charge in [-0.05, 0) is 12.8 Å². The van der Waals surface area contributed by atoms with Gasteiger partial charge in [-0.1, -0.05) is 0 Å². The normalized spacial score (nSPS) is 22.6. The third-order valence-corrected chi connectivity index (χ3v) is 3.37. The van der Waals surface area contributed by atoms with Crippen molar-refractivity contribution in [2.75, 3.05) is 26.8 Å². The number of rotatable bonds is 3. The first-order valence-electron chi connectivity index (χ1n) is 6.28. The van der Waals surface area contributed by atoms with Crippen molar-refractivity contribution in [3.05, 3.63) is 28.3 Å². The number of carbonyl (C=O) groups excluding carboxylic acids is 1. The summed E-state index contributed by atoms with van der Waals surface area (Å²) in [6, 6.07) is 1.06. The molecule has 1 aliphatic heterocycles. The number of methoxy groups -OCH3 is 1. The van der Waals surface area contributed by atoms with E-state index in [2.05, 4.69) is 0 Å². The Balaban J connectivity index is 2.19. The molecular formula is C13H17NO6. The first-order valence-corrected chi connectivity index (χ1v) is 6.28. The van der Waals surface area contributed by atoms with E-state index in [-0.39, 0.29) is 18.1 Å². The first-order chi connectivity index (χ1) is 9.49. The van der Waals surface area contributed by atoms with Gasteiger partial charge in [0.25, 0.3) is 5.91 Å². The van der Waals surface area contributed by atoms with Crippen LogP contribution in [0.3, 0.4) is 0 Å². The number of likely N-dealkylation sites (tertiary alicyclic amines) is 1. The summed E-state index contributed by atoms with van der Waals surface area (Å²) < 4.78 is 9.86. The van der Waals surface area contributed by atoms with Crippen LogP contribution in [-0.4, -0.2) is 53.4 Å². The molecule has 1 saturated heterocycles. The second-order valence-electron chi connectivity index (χ2n) is 4.89. The van der Waals surface area contributed by atoms with E-state index in [9.17, 15) is 14.7 Å². The highest BCUT2D eigenvalue weighted by Gasteiger charge is 2.35. The molecule has 0 saturated carbocycles. The molecule has 110 valence electrons. The molecule has 1 aromatic heterocycles. The summed E-state index contributed by atoms with van der Waals surface area (Å²) in [6.07, 6.45) is 2.08. The Hall–Kier alpha value is -1.86. The standard InChI is InChI=1S/C13H17NO6/c1-19-11-6-20-10(5-9(11)16)12(17)14-4-2-3-13(18,7-14)8-15/h5-6,15,18H,2-4,7-8H2,1H3. The van der Waals surface area contributed by atoms with Crippen molar-refractivity contribution in [3.63, 3.8) is 0 Å². The molecule has 0 aromatic carbocycles. The Labute approximate surface area is 115 Å². The van der Waals surface area contributed by atoms with Crippen molar-refractivity contribution in [2.24, 2.45) is 0 Å². The van der Waals surface area contributed by atoms with Gasteiger partial charge in [-0.3, -0.25) is 9.59 Å². The number of amides is 1. The van der Waals surface area contributed by atoms with Crippen molar-refractivity contribution in [1.82, 2.24) is 4.90 Å². The van der Waals surface area contributed by atoms with Crippen LogP contribution in [0.5, 0.6) is 5.75 Å². The molecule has 1 unspecified atom stereocenters. The Bertz CT molecular complexity index is 554. The van der Waals surface area contributed by atoms with Crippen LogP contribution in [0.1, 0.15) is 23.4 Å². The van der Waals surface area contributed by atoms with Crippen LogP contribution in [-0.2, 0) is 0 Å². The smallest absolute Gasteiger partial charge is 0.289 e. The van der Waals surface area contributed by atoms with Crippen LogP contribution in [0, 0.1) is 0 Å². The number of hydrogen-bond donors (Lipinski definition) is 2. The zero-order chi connectivity index (χ0) is 14.8. The topological polar surface area (TPSA) is 100 Å². The quantitative estimate of drug-likeness (QED) is 0.783. The Morgan fingerprint density at radius 1 is 1.60 bits per heavy atom. The van der Waals surface area contributed by atoms with Crippen molar-refractivity contribution < 1.29 is 24.2 Å². The highest BCUT2D eigenvalue weighted by Crippen LogP contribution is 2.22. The fourth-order valence-electron chi connectivity index (χ4n) is 2.23. The van der Waals surface area contributed by atoms with Crippen LogP contribution in [0.4, 0.5) is 0 Å². The molecule has 0 aliphatic carbocycles. The number of aliphatic hydroxyl groups is 2. The lowest BCUT2D eigenvalue weighted by Crippen LogP contribution is -2.52. The van der Waals surface area contributed by atoms with Gasteiger partial charge in [0.05, 0.1) is 20.3 Å². The van der Waals surface area contributed by atoms with E-state index in [4.69, 9.17) is 14.3 Å². The highest BCUT2D eigenvalue weighted by atomic mass is 16.5. The number of carbonyl (C=O) groups is 1. The second kappa shape index (κ2) is 5.64. The van der Waals surface area contributed by atoms with Crippen molar-refractivity contribution >= 4 is 5.91 Å². The minimum absolute atomic E-state index is 0.0120. The molecule has 2 rings (SSSR count). The lowest BCUT2D eigenvalue weighted by Gasteiger charge is -2.37. The monoisotopic (exact) mass is 283 g/mol. The van der Waals surface area contributed by atoms with Crippen molar-refractivity contribution in [1.29, 1.82) is 0 Å². The first kappa shape index (κ1) is 14.5. The highest BCUT2D eigenvalue weighted by molar-refractivity contribution is 5.91. The zero-order valence-electron chi connectivity index (χ0n) is 11.2. The molecule has 1 aliphatic rings. The lowest BCUT2D eigenvalue weighted by atomic mass is 9.93. The average molecular weight is 283 g/mol. The summed E-state index contributed by atoms with van der Waals surface area (Å²) in [5, 5.41) is 19.2. The molecule has 1 fully saturated rings. The van der Waals surface area contributed by atoms with Gasteiger partial charge in [-0.2, -0.15) is 0 Å². The molecule has 0 radical (unpaired) electrons. The summed E-state index contributed by atoms with van der Waals surface area (Å²) in [7, 11) is 1.33. The van der Waals surface area contributed by atoms with E-state index in [1.807, 2.05) is 0 Å². The average Bonchev–Trinajstić information content (AvgIpc) is 2.46. The molecular weight excluding hydrogens is 266 g/mol.